The molecule has 4 aromatic rings. The van der Waals surface area contributed by atoms with Crippen molar-refractivity contribution in [2.75, 3.05) is 12.4 Å². The van der Waals surface area contributed by atoms with E-state index in [0.717, 1.165) is 40.1 Å². The number of nitrogens with one attached hydrogen (secondary N) is 2. The van der Waals surface area contributed by atoms with Crippen LogP contribution in [0.4, 0.5) is 5.69 Å². The van der Waals surface area contributed by atoms with Crippen molar-refractivity contribution in [3.05, 3.63) is 125 Å². The zero-order chi connectivity index (χ0) is 26.7. The Morgan fingerprint density at radius 2 is 1.58 bits per heavy atom. The summed E-state index contributed by atoms with van der Waals surface area (Å²) in [4.78, 5) is 26.2. The number of hydrogen-bond donors (Lipinski definition) is 2. The highest BCUT2D eigenvalue weighted by Crippen LogP contribution is 2.32. The van der Waals surface area contributed by atoms with Gasteiger partial charge in [0.25, 0.3) is 5.91 Å². The number of ether oxygens (including phenoxy) is 1. The number of ketones is 1. The zero-order valence-electron chi connectivity index (χ0n) is 21.7. The summed E-state index contributed by atoms with van der Waals surface area (Å²) < 4.78 is 5.41. The molecule has 2 N–H and O–H groups in total. The van der Waals surface area contributed by atoms with Crippen LogP contribution >= 0.6 is 0 Å². The van der Waals surface area contributed by atoms with Crippen LogP contribution in [0.5, 0.6) is 5.75 Å². The molecule has 0 atom stereocenters. The Bertz CT molecular complexity index is 1520. The van der Waals surface area contributed by atoms with Gasteiger partial charge in [0.15, 0.2) is 5.78 Å². The van der Waals surface area contributed by atoms with Gasteiger partial charge >= 0.3 is 0 Å². The van der Waals surface area contributed by atoms with Crippen LogP contribution < -0.4 is 15.4 Å². The van der Waals surface area contributed by atoms with Crippen molar-refractivity contribution in [1.29, 1.82) is 0 Å². The first kappa shape index (κ1) is 25.0. The number of hydrogen-bond acceptors (Lipinski definition) is 4. The minimum Gasteiger partial charge on any atom is -0.497 e. The molecule has 0 unspecified atom stereocenters. The fourth-order valence-electron chi connectivity index (χ4n) is 4.77. The molecule has 0 bridgehead atoms. The number of carbonyl (C=O) groups is 2. The molecule has 38 heavy (non-hydrogen) atoms. The molecule has 190 valence electrons. The van der Waals surface area contributed by atoms with Crippen molar-refractivity contribution in [3.8, 4) is 16.9 Å². The summed E-state index contributed by atoms with van der Waals surface area (Å²) in [6.07, 6.45) is 2.47. The van der Waals surface area contributed by atoms with Gasteiger partial charge in [-0.15, -0.1) is 0 Å². The van der Waals surface area contributed by atoms with Gasteiger partial charge in [0, 0.05) is 39.7 Å². The molecule has 1 aliphatic rings. The molecule has 1 heterocycles. The van der Waals surface area contributed by atoms with E-state index < -0.39 is 0 Å². The summed E-state index contributed by atoms with van der Waals surface area (Å²) in [5.41, 5.74) is 6.41. The van der Waals surface area contributed by atoms with Crippen LogP contribution in [-0.4, -0.2) is 24.3 Å². The molecule has 0 aromatic heterocycles. The van der Waals surface area contributed by atoms with Crippen LogP contribution in [0.3, 0.4) is 0 Å². The smallest absolute Gasteiger partial charge is 0.255 e. The number of amides is 1. The summed E-state index contributed by atoms with van der Waals surface area (Å²) >= 11 is 0. The van der Waals surface area contributed by atoms with Crippen LogP contribution in [0.1, 0.15) is 45.7 Å². The Hall–Kier alpha value is -4.64. The van der Waals surface area contributed by atoms with Crippen LogP contribution in [-0.2, 0) is 6.42 Å². The summed E-state index contributed by atoms with van der Waals surface area (Å²) in [6, 6.07) is 30.5. The number of methoxy groups -OCH3 is 1. The molecule has 0 aliphatic carbocycles. The molecule has 0 saturated carbocycles. The average Bonchev–Trinajstić information content (AvgIpc) is 2.93. The Morgan fingerprint density at radius 1 is 0.842 bits per heavy atom. The van der Waals surface area contributed by atoms with Crippen LogP contribution in [0, 0.1) is 0 Å². The van der Waals surface area contributed by atoms with Crippen LogP contribution in [0.15, 0.2) is 103 Å². The Labute approximate surface area is 223 Å². The van der Waals surface area contributed by atoms with Crippen molar-refractivity contribution in [2.24, 2.45) is 0 Å². The molecule has 4 aromatic carbocycles. The standard InChI is InChI=1S/C33H30N2O3/c1-33(2)21-26-16-17-28(38-3)19-29(26)30(35-33)20-31(36)25-10-7-11-27(18-25)34-32(37)24-14-12-23(13-15-24)22-8-5-4-6-9-22/h4-20,35H,21H2,1-3H3,(H,34,37). The van der Waals surface area contributed by atoms with Crippen molar-refractivity contribution in [2.45, 2.75) is 25.8 Å². The fourth-order valence-corrected chi connectivity index (χ4v) is 4.77. The zero-order valence-corrected chi connectivity index (χ0v) is 21.7. The lowest BCUT2D eigenvalue weighted by Gasteiger charge is -2.35. The lowest BCUT2D eigenvalue weighted by atomic mass is 9.85. The number of fused-ring (bicyclic) bond motifs is 1. The fraction of sp³-hybridized carbons (Fsp3) is 0.152. The molecular formula is C33H30N2O3. The lowest BCUT2D eigenvalue weighted by molar-refractivity contribution is 0.102. The van der Waals surface area contributed by atoms with E-state index in [-0.39, 0.29) is 17.2 Å². The van der Waals surface area contributed by atoms with Crippen LogP contribution in [0.25, 0.3) is 16.8 Å². The molecule has 0 fully saturated rings. The quantitative estimate of drug-likeness (QED) is 0.226. The van der Waals surface area contributed by atoms with Gasteiger partial charge in [-0.1, -0.05) is 60.7 Å². The van der Waals surface area contributed by atoms with E-state index in [1.807, 2.05) is 54.6 Å². The maximum Gasteiger partial charge on any atom is 0.255 e. The largest absolute Gasteiger partial charge is 0.497 e. The predicted octanol–water partition coefficient (Wildman–Crippen LogP) is 6.76. The van der Waals surface area contributed by atoms with Gasteiger partial charge < -0.3 is 15.4 Å². The first-order valence-electron chi connectivity index (χ1n) is 12.6. The van der Waals surface area contributed by atoms with Crippen molar-refractivity contribution < 1.29 is 14.3 Å². The van der Waals surface area contributed by atoms with E-state index in [1.54, 1.807) is 49.6 Å². The highest BCUT2D eigenvalue weighted by atomic mass is 16.5. The number of anilines is 1. The Morgan fingerprint density at radius 3 is 2.32 bits per heavy atom. The molecule has 5 nitrogen and oxygen atoms in total. The third-order valence-corrected chi connectivity index (χ3v) is 6.65. The minimum atomic E-state index is -0.232. The predicted molar refractivity (Wildman–Crippen MR) is 152 cm³/mol. The molecule has 5 rings (SSSR count). The van der Waals surface area contributed by atoms with Crippen molar-refractivity contribution in [3.63, 3.8) is 0 Å². The van der Waals surface area contributed by atoms with E-state index in [1.165, 1.54) is 0 Å². The van der Waals surface area contributed by atoms with Gasteiger partial charge in [-0.3, -0.25) is 9.59 Å². The maximum atomic E-state index is 13.3. The lowest BCUT2D eigenvalue weighted by Crippen LogP contribution is -2.43. The van der Waals surface area contributed by atoms with E-state index in [4.69, 9.17) is 4.74 Å². The summed E-state index contributed by atoms with van der Waals surface area (Å²) in [5, 5.41) is 6.42. The number of rotatable bonds is 6. The number of benzene rings is 4. The van der Waals surface area contributed by atoms with E-state index in [0.29, 0.717) is 16.8 Å². The van der Waals surface area contributed by atoms with E-state index >= 15 is 0 Å². The van der Waals surface area contributed by atoms with Crippen LogP contribution in [0.2, 0.25) is 0 Å². The van der Waals surface area contributed by atoms with Gasteiger partial charge in [0.1, 0.15) is 5.75 Å². The minimum absolute atomic E-state index is 0.151. The second-order valence-corrected chi connectivity index (χ2v) is 10.1. The molecule has 0 radical (unpaired) electrons. The molecule has 5 heteroatoms. The van der Waals surface area contributed by atoms with Gasteiger partial charge in [-0.2, -0.15) is 0 Å². The van der Waals surface area contributed by atoms with Gasteiger partial charge in [-0.05, 0) is 73.4 Å². The summed E-state index contributed by atoms with van der Waals surface area (Å²) in [7, 11) is 1.63. The first-order valence-corrected chi connectivity index (χ1v) is 12.6. The van der Waals surface area contributed by atoms with Gasteiger partial charge in [0.2, 0.25) is 0 Å². The Balaban J connectivity index is 1.35. The second-order valence-electron chi connectivity index (χ2n) is 10.1. The molecule has 1 aliphatic heterocycles. The highest BCUT2D eigenvalue weighted by Gasteiger charge is 2.28. The number of allylic oxidation sites excluding steroid dienone is 1. The number of carbonyl (C=O) groups excluding carboxylic acids is 2. The first-order chi connectivity index (χ1) is 18.3. The summed E-state index contributed by atoms with van der Waals surface area (Å²) in [5.74, 6) is 0.358. The Kier molecular flexibility index (Phi) is 6.84. The highest BCUT2D eigenvalue weighted by molar-refractivity contribution is 6.10. The topological polar surface area (TPSA) is 67.4 Å². The molecule has 0 saturated heterocycles. The van der Waals surface area contributed by atoms with Gasteiger partial charge in [0.05, 0.1) is 7.11 Å². The average molecular weight is 503 g/mol. The monoisotopic (exact) mass is 502 g/mol. The normalized spacial score (nSPS) is 14.8. The van der Waals surface area contributed by atoms with E-state index in [9.17, 15) is 9.59 Å². The SMILES string of the molecule is COc1ccc2c(c1)C(=CC(=O)c1cccc(NC(=O)c3ccc(-c4ccccc4)cc3)c1)NC(C)(C)C2. The summed E-state index contributed by atoms with van der Waals surface area (Å²) in [6.45, 7) is 4.22. The maximum absolute atomic E-state index is 13.3. The van der Waals surface area contributed by atoms with Crippen molar-refractivity contribution >= 4 is 23.1 Å². The third kappa shape index (κ3) is 5.52. The van der Waals surface area contributed by atoms with E-state index in [2.05, 4.69) is 30.5 Å². The molecule has 1 amide bonds. The van der Waals surface area contributed by atoms with Crippen molar-refractivity contribution in [1.82, 2.24) is 5.32 Å². The molecule has 0 spiro atoms. The third-order valence-electron chi connectivity index (χ3n) is 6.65. The second kappa shape index (κ2) is 10.4. The molecular weight excluding hydrogens is 472 g/mol. The van der Waals surface area contributed by atoms with Gasteiger partial charge in [-0.25, -0.2) is 0 Å².